The van der Waals surface area contributed by atoms with Crippen LogP contribution in [-0.2, 0) is 14.3 Å². The molecule has 0 aromatic heterocycles. The van der Waals surface area contributed by atoms with E-state index in [2.05, 4.69) is 21.2 Å². The molecule has 1 aromatic rings. The molecule has 0 atom stereocenters. The lowest BCUT2D eigenvalue weighted by atomic mass is 10.3. The predicted molar refractivity (Wildman–Crippen MR) is 78.5 cm³/mol. The Balaban J connectivity index is 2.11. The molecule has 110 valence electrons. The van der Waals surface area contributed by atoms with E-state index in [1.165, 1.54) is 0 Å². The van der Waals surface area contributed by atoms with E-state index < -0.39 is 0 Å². The number of hydrogen-bond acceptors (Lipinski definition) is 4. The van der Waals surface area contributed by atoms with Crippen LogP contribution in [-0.4, -0.2) is 31.6 Å². The van der Waals surface area contributed by atoms with Crippen molar-refractivity contribution in [3.63, 3.8) is 0 Å². The van der Waals surface area contributed by atoms with Crippen LogP contribution in [0.3, 0.4) is 0 Å². The molecular formula is C14H18BrNO4. The first-order valence-corrected chi connectivity index (χ1v) is 7.21. The summed E-state index contributed by atoms with van der Waals surface area (Å²) in [5.74, 6) is 0.180. The normalized spacial score (nSPS) is 9.90. The zero-order valence-electron chi connectivity index (χ0n) is 11.4. The van der Waals surface area contributed by atoms with Gasteiger partial charge < -0.3 is 14.8 Å². The Morgan fingerprint density at radius 2 is 1.95 bits per heavy atom. The van der Waals surface area contributed by atoms with E-state index in [1.54, 1.807) is 19.1 Å². The number of carbonyl (C=O) groups excluding carboxylic acids is 2. The van der Waals surface area contributed by atoms with Crippen LogP contribution in [0.5, 0.6) is 5.75 Å². The molecule has 0 unspecified atom stereocenters. The minimum absolute atomic E-state index is 0.0406. The molecule has 0 aliphatic carbocycles. The first-order valence-electron chi connectivity index (χ1n) is 6.42. The number of rotatable bonds is 8. The number of nitrogens with one attached hydrogen (secondary N) is 1. The van der Waals surface area contributed by atoms with Gasteiger partial charge in [-0.2, -0.15) is 0 Å². The van der Waals surface area contributed by atoms with Crippen LogP contribution in [0.15, 0.2) is 28.7 Å². The molecule has 0 heterocycles. The van der Waals surface area contributed by atoms with Crippen molar-refractivity contribution in [3.8, 4) is 5.75 Å². The van der Waals surface area contributed by atoms with Crippen LogP contribution in [0.1, 0.15) is 19.8 Å². The van der Waals surface area contributed by atoms with Crippen molar-refractivity contribution in [2.75, 3.05) is 19.8 Å². The van der Waals surface area contributed by atoms with Crippen LogP contribution in [0.4, 0.5) is 0 Å². The Labute approximate surface area is 126 Å². The van der Waals surface area contributed by atoms with Gasteiger partial charge in [0.25, 0.3) is 5.91 Å². The van der Waals surface area contributed by atoms with E-state index in [0.29, 0.717) is 31.7 Å². The Morgan fingerprint density at radius 3 is 2.60 bits per heavy atom. The molecule has 0 saturated carbocycles. The SMILES string of the molecule is CCOC(=O)CCCNC(=O)COc1ccc(Br)cc1. The van der Waals surface area contributed by atoms with E-state index >= 15 is 0 Å². The van der Waals surface area contributed by atoms with Crippen LogP contribution in [0.25, 0.3) is 0 Å². The third kappa shape index (κ3) is 7.13. The molecule has 20 heavy (non-hydrogen) atoms. The molecule has 1 aromatic carbocycles. The Hall–Kier alpha value is -1.56. The Kier molecular flexibility index (Phi) is 7.72. The van der Waals surface area contributed by atoms with Crippen LogP contribution in [0.2, 0.25) is 0 Å². The van der Waals surface area contributed by atoms with E-state index in [1.807, 2.05) is 12.1 Å². The van der Waals surface area contributed by atoms with Gasteiger partial charge in [0.1, 0.15) is 5.75 Å². The van der Waals surface area contributed by atoms with Crippen molar-refractivity contribution in [3.05, 3.63) is 28.7 Å². The molecule has 0 bridgehead atoms. The average molecular weight is 344 g/mol. The third-order valence-electron chi connectivity index (χ3n) is 2.37. The highest BCUT2D eigenvalue weighted by Gasteiger charge is 2.04. The second-order valence-electron chi connectivity index (χ2n) is 4.00. The number of hydrogen-bond donors (Lipinski definition) is 1. The quantitative estimate of drug-likeness (QED) is 0.581. The molecule has 0 fully saturated rings. The average Bonchev–Trinajstić information content (AvgIpc) is 2.43. The van der Waals surface area contributed by atoms with Gasteiger partial charge in [-0.1, -0.05) is 15.9 Å². The monoisotopic (exact) mass is 343 g/mol. The van der Waals surface area contributed by atoms with Gasteiger partial charge in [0.15, 0.2) is 6.61 Å². The van der Waals surface area contributed by atoms with Crippen LogP contribution in [0, 0.1) is 0 Å². The number of benzene rings is 1. The Morgan fingerprint density at radius 1 is 1.25 bits per heavy atom. The van der Waals surface area contributed by atoms with E-state index in [9.17, 15) is 9.59 Å². The summed E-state index contributed by atoms with van der Waals surface area (Å²) in [5.41, 5.74) is 0. The smallest absolute Gasteiger partial charge is 0.305 e. The van der Waals surface area contributed by atoms with Crippen molar-refractivity contribution >= 4 is 27.8 Å². The van der Waals surface area contributed by atoms with Gasteiger partial charge in [-0.3, -0.25) is 9.59 Å². The first-order chi connectivity index (χ1) is 9.61. The standard InChI is InChI=1S/C14H18BrNO4/c1-2-19-14(18)4-3-9-16-13(17)10-20-12-7-5-11(15)6-8-12/h5-8H,2-4,9-10H2,1H3,(H,16,17). The molecule has 0 spiro atoms. The molecular weight excluding hydrogens is 326 g/mol. The molecule has 0 radical (unpaired) electrons. The molecule has 5 nitrogen and oxygen atoms in total. The Bertz CT molecular complexity index is 433. The maximum absolute atomic E-state index is 11.5. The summed E-state index contributed by atoms with van der Waals surface area (Å²) in [5, 5.41) is 2.68. The van der Waals surface area contributed by atoms with Gasteiger partial charge >= 0.3 is 5.97 Å². The summed E-state index contributed by atoms with van der Waals surface area (Å²) in [4.78, 5) is 22.6. The highest BCUT2D eigenvalue weighted by Crippen LogP contribution is 2.15. The first kappa shape index (κ1) is 16.5. The summed E-state index contributed by atoms with van der Waals surface area (Å²) in [7, 11) is 0. The lowest BCUT2D eigenvalue weighted by Crippen LogP contribution is -2.30. The summed E-state index contributed by atoms with van der Waals surface area (Å²) >= 11 is 3.32. The lowest BCUT2D eigenvalue weighted by molar-refractivity contribution is -0.143. The van der Waals surface area contributed by atoms with Gasteiger partial charge in [0.05, 0.1) is 6.61 Å². The highest BCUT2D eigenvalue weighted by atomic mass is 79.9. The molecule has 6 heteroatoms. The van der Waals surface area contributed by atoms with Crippen LogP contribution < -0.4 is 10.1 Å². The molecule has 0 aliphatic rings. The maximum Gasteiger partial charge on any atom is 0.305 e. The second-order valence-corrected chi connectivity index (χ2v) is 4.92. The number of amides is 1. The predicted octanol–water partition coefficient (Wildman–Crippen LogP) is 2.29. The van der Waals surface area contributed by atoms with Crippen LogP contribution >= 0.6 is 15.9 Å². The van der Waals surface area contributed by atoms with Gasteiger partial charge in [-0.15, -0.1) is 0 Å². The summed E-state index contributed by atoms with van der Waals surface area (Å²) in [6, 6.07) is 7.23. The zero-order chi connectivity index (χ0) is 14.8. The van der Waals surface area contributed by atoms with Gasteiger partial charge in [0, 0.05) is 17.4 Å². The molecule has 1 rings (SSSR count). The molecule has 1 amide bonds. The molecule has 0 aliphatic heterocycles. The van der Waals surface area contributed by atoms with Gasteiger partial charge in [0.2, 0.25) is 0 Å². The van der Waals surface area contributed by atoms with Gasteiger partial charge in [-0.05, 0) is 37.6 Å². The van der Waals surface area contributed by atoms with Crippen molar-refractivity contribution in [2.45, 2.75) is 19.8 Å². The highest BCUT2D eigenvalue weighted by molar-refractivity contribution is 9.10. The minimum atomic E-state index is -0.243. The number of esters is 1. The molecule has 0 saturated heterocycles. The zero-order valence-corrected chi connectivity index (χ0v) is 12.9. The van der Waals surface area contributed by atoms with E-state index in [0.717, 1.165) is 4.47 Å². The molecule has 1 N–H and O–H groups in total. The summed E-state index contributed by atoms with van der Waals surface area (Å²) in [6.45, 7) is 2.54. The largest absolute Gasteiger partial charge is 0.484 e. The summed E-state index contributed by atoms with van der Waals surface area (Å²) < 4.78 is 11.1. The van der Waals surface area contributed by atoms with Crippen molar-refractivity contribution in [2.24, 2.45) is 0 Å². The fourth-order valence-corrected chi connectivity index (χ4v) is 1.69. The lowest BCUT2D eigenvalue weighted by Gasteiger charge is -2.07. The van der Waals surface area contributed by atoms with E-state index in [4.69, 9.17) is 9.47 Å². The fourth-order valence-electron chi connectivity index (χ4n) is 1.42. The number of halogens is 1. The number of carbonyl (C=O) groups is 2. The van der Waals surface area contributed by atoms with Crippen molar-refractivity contribution < 1.29 is 19.1 Å². The number of ether oxygens (including phenoxy) is 2. The van der Waals surface area contributed by atoms with Gasteiger partial charge in [-0.25, -0.2) is 0 Å². The van der Waals surface area contributed by atoms with Crippen molar-refractivity contribution in [1.29, 1.82) is 0 Å². The topological polar surface area (TPSA) is 64.6 Å². The van der Waals surface area contributed by atoms with E-state index in [-0.39, 0.29) is 18.5 Å². The second kappa shape index (κ2) is 9.36. The summed E-state index contributed by atoms with van der Waals surface area (Å²) in [6.07, 6.45) is 0.866. The third-order valence-corrected chi connectivity index (χ3v) is 2.90. The van der Waals surface area contributed by atoms with Crippen molar-refractivity contribution in [1.82, 2.24) is 5.32 Å². The fraction of sp³-hybridized carbons (Fsp3) is 0.429. The minimum Gasteiger partial charge on any atom is -0.484 e. The maximum atomic E-state index is 11.5.